The minimum atomic E-state index is -2.45. The number of carboxylic acid groups (broad SMARTS) is 1. The topological polar surface area (TPSA) is 616 Å². The maximum Gasteiger partial charge on any atom is 0.410 e. The lowest BCUT2D eigenvalue weighted by atomic mass is 9.94. The summed E-state index contributed by atoms with van der Waals surface area (Å²) in [6, 6.07) is 19.4. The van der Waals surface area contributed by atoms with Crippen LogP contribution in [0.15, 0.2) is 79.0 Å². The number of aliphatic hydroxyl groups excluding tert-OH is 20. The molecule has 22 N–H and O–H groups in total. The minimum Gasteiger partial charge on any atom is -0.480 e. The van der Waals surface area contributed by atoms with Crippen molar-refractivity contribution >= 4 is 23.0 Å². The van der Waals surface area contributed by atoms with Gasteiger partial charge in [-0.3, -0.25) is 4.90 Å². The van der Waals surface area contributed by atoms with Crippen molar-refractivity contribution in [3.05, 3.63) is 95.7 Å². The molecule has 22 heterocycles. The number of nitrogens with zero attached hydrogens (tertiary/aromatic N) is 1. The van der Waals surface area contributed by atoms with Crippen molar-refractivity contribution in [3.63, 3.8) is 0 Å². The number of aromatic nitrogens is 1. The third kappa shape index (κ3) is 15.5. The second kappa shape index (κ2) is 34.1. The summed E-state index contributed by atoms with van der Waals surface area (Å²) in [5.74, 6) is -2.26. The Morgan fingerprint density at radius 1 is 0.370 bits per heavy atom. The summed E-state index contributed by atoms with van der Waals surface area (Å²) in [6.45, 7) is -8.21. The van der Waals surface area contributed by atoms with Gasteiger partial charge in [0.2, 0.25) is 0 Å². The smallest absolute Gasteiger partial charge is 0.410 e. The number of carbonyl (C=O) groups excluding carboxylic acids is 1. The lowest BCUT2D eigenvalue weighted by molar-refractivity contribution is -0.396. The van der Waals surface area contributed by atoms with E-state index in [1.54, 1.807) is 36.4 Å². The van der Waals surface area contributed by atoms with E-state index in [-0.39, 0.29) is 0 Å². The molecule has 3 aromatic carbocycles. The number of fused-ring (bicyclic) bond motifs is 4. The number of para-hydroxylation sites is 1. The van der Waals surface area contributed by atoms with E-state index in [0.717, 1.165) is 22.3 Å². The second-order valence-corrected chi connectivity index (χ2v) is 27.8. The fraction of sp³-hybridized carbons (Fsp3) is 0.676. The quantitative estimate of drug-likeness (QED) is 0.0557. The molecule has 1 amide bonds. The van der Waals surface area contributed by atoms with Crippen LogP contribution in [0.4, 0.5) is 4.79 Å². The number of benzene rings is 3. The molecule has 600 valence electrons. The molecule has 21 aliphatic heterocycles. The zero-order chi connectivity index (χ0) is 77.0. The molecule has 1 aliphatic carbocycles. The molecular weight excluding hydrogens is 1450 g/mol. The molecule has 40 nitrogen and oxygen atoms in total. The van der Waals surface area contributed by atoms with Gasteiger partial charge in [-0.05, 0) is 33.9 Å². The third-order valence-electron chi connectivity index (χ3n) is 21.3. The van der Waals surface area contributed by atoms with Crippen LogP contribution in [0.3, 0.4) is 0 Å². The number of ether oxygens (including phenoxy) is 15. The number of aliphatic hydroxyl groups is 20. The van der Waals surface area contributed by atoms with Gasteiger partial charge in [0.1, 0.15) is 184 Å². The number of amides is 1. The van der Waals surface area contributed by atoms with Crippen molar-refractivity contribution in [2.45, 2.75) is 233 Å². The summed E-state index contributed by atoms with van der Waals surface area (Å²) in [5.41, 5.74) is 4.08. The zero-order valence-electron chi connectivity index (χ0n) is 57.0. The van der Waals surface area contributed by atoms with Crippen LogP contribution < -0.4 is 0 Å². The molecule has 1 aromatic heterocycles. The van der Waals surface area contributed by atoms with Crippen molar-refractivity contribution in [2.75, 3.05) is 52.8 Å². The van der Waals surface area contributed by atoms with Crippen molar-refractivity contribution in [1.82, 2.24) is 9.88 Å². The van der Waals surface area contributed by atoms with E-state index < -0.39 is 298 Å². The van der Waals surface area contributed by atoms with Crippen LogP contribution in [0.2, 0.25) is 0 Å². The Balaban J connectivity index is 0.842. The third-order valence-corrected chi connectivity index (χ3v) is 21.3. The molecule has 14 bridgehead atoms. The minimum absolute atomic E-state index is 0.362. The monoisotopic (exact) mass is 1540 g/mol. The van der Waals surface area contributed by atoms with E-state index in [1.165, 1.54) is 6.20 Å². The Bertz CT molecular complexity index is 3580. The number of hydrogen-bond acceptors (Lipinski definition) is 37. The molecule has 26 rings (SSSR count). The van der Waals surface area contributed by atoms with Gasteiger partial charge in [0.15, 0.2) is 44.0 Å². The molecule has 0 spiro atoms. The van der Waals surface area contributed by atoms with E-state index in [9.17, 15) is 112 Å². The highest BCUT2D eigenvalue weighted by molar-refractivity contribution is 5.86. The fourth-order valence-electron chi connectivity index (χ4n) is 15.5. The first-order valence-electron chi connectivity index (χ1n) is 35.1. The average molecular weight is 1540 g/mol. The fourth-order valence-corrected chi connectivity index (χ4v) is 15.5. The van der Waals surface area contributed by atoms with Gasteiger partial charge in [-0.1, -0.05) is 66.7 Å². The van der Waals surface area contributed by atoms with Crippen LogP contribution in [0.25, 0.3) is 22.0 Å². The standard InChI is InChI=1S/C68H90N2O38/c71-16-33-54-41(79)48(86)63(97-33)105-56-35(18-73)99-65(50(88)43(56)81)107-58-37(20-75)101-67(52(90)45(58)83)108-59-38(21-76)100-66(51(89)44(59)82)106-57-36(19-74)98-64(49(87)42(57)80)104-55-34(17-72)96-62(47(85)40(55)78)102-53-32(95-61(103-54)46(84)39(53)77)15-70(31(60(91)92)13-23-14-69-30-12-6-5-7-24(23)30)68(93)94-22-29-27-10-3-1-8-25(27)26-9-2-4-11-28(26)29/h1-12,14,29,31-59,61-67,69,71-90H,13,15-22H2,(H,91,92)/t31-,32+,33+,34+,35+,36+,37+,38+,39+,40+,41+,42+,43+,44+,45+,46+,47+,48+,49+,50+,51+,52+,53+,54+,55+,56+,57+,58+,59+,61+,62+,63+,64+,65+,66+,67+/m0/s1. The Labute approximate surface area is 611 Å². The van der Waals surface area contributed by atoms with E-state index in [0.29, 0.717) is 21.4 Å². The first-order valence-corrected chi connectivity index (χ1v) is 35.1. The summed E-state index contributed by atoms with van der Waals surface area (Å²) in [6.07, 6.45) is -75.3. The van der Waals surface area contributed by atoms with Crippen LogP contribution in [0.5, 0.6) is 0 Å². The molecular formula is C68H90N2O38. The van der Waals surface area contributed by atoms with E-state index in [4.69, 9.17) is 71.1 Å². The predicted octanol–water partition coefficient (Wildman–Crippen LogP) is -9.79. The van der Waals surface area contributed by atoms with Crippen LogP contribution in [0, 0.1) is 0 Å². The maximum absolute atomic E-state index is 15.3. The lowest BCUT2D eigenvalue weighted by Gasteiger charge is -2.50. The number of nitrogens with one attached hydrogen (secondary N) is 1. The van der Waals surface area contributed by atoms with Crippen molar-refractivity contribution in [1.29, 1.82) is 0 Å². The molecule has 0 saturated carbocycles. The SMILES string of the molecule is O=C(O)[C@H](Cc1c[nH]c2ccccc12)N(C[C@H]1O[C@@H]2O[C@H]3[C@H](O)[C@@H](O)[C@@H](O[C@H]4[C@H](O)[C@@H](O)[C@@H](O[C@H]5[C@H](O)[C@@H](O)[C@@H](O[C@H]6[C@H](O)[C@@H](O)[C@@H](O[C@H]7[C@H](O)[C@@H](O)[C@@H](O[C@H]8[C@H](O)[C@@H](O)[C@@H](O[C@H]1[C@H](O)[C@H]2O)O[C@@H]8CO)O[C@@H]7CO)O[C@@H]6CO)O[C@@H]5CO)O[C@@H]4CO)O[C@@H]3CO)C(=O)OCC1c2ccccc2-c2ccccc21. The molecule has 22 aliphatic rings. The summed E-state index contributed by atoms with van der Waals surface area (Å²) in [5, 5.41) is 241. The van der Waals surface area contributed by atoms with Gasteiger partial charge in [0, 0.05) is 29.4 Å². The number of aliphatic carboxylic acids is 1. The Morgan fingerprint density at radius 2 is 0.648 bits per heavy atom. The lowest BCUT2D eigenvalue weighted by Crippen LogP contribution is -2.69. The maximum atomic E-state index is 15.3. The summed E-state index contributed by atoms with van der Waals surface area (Å²) < 4.78 is 88.9. The summed E-state index contributed by atoms with van der Waals surface area (Å²) in [4.78, 5) is 33.1. The highest BCUT2D eigenvalue weighted by Crippen LogP contribution is 2.46. The van der Waals surface area contributed by atoms with Crippen LogP contribution in [0.1, 0.15) is 22.6 Å². The Morgan fingerprint density at radius 3 is 0.954 bits per heavy atom. The number of H-pyrrole nitrogens is 1. The van der Waals surface area contributed by atoms with Crippen molar-refractivity contribution < 1.29 is 188 Å². The largest absolute Gasteiger partial charge is 0.480 e. The number of carboxylic acids is 1. The molecule has 4 aromatic rings. The van der Waals surface area contributed by atoms with Crippen LogP contribution in [-0.4, -0.2) is 403 Å². The normalized spacial score (nSPS) is 43.5. The number of carbonyl (C=O) groups is 2. The highest BCUT2D eigenvalue weighted by atomic mass is 16.8. The highest BCUT2D eigenvalue weighted by Gasteiger charge is 2.60. The van der Waals surface area contributed by atoms with Crippen molar-refractivity contribution in [3.8, 4) is 11.1 Å². The molecule has 0 radical (unpaired) electrons. The second-order valence-electron chi connectivity index (χ2n) is 27.8. The van der Waals surface area contributed by atoms with Gasteiger partial charge >= 0.3 is 12.1 Å². The number of aromatic amines is 1. The van der Waals surface area contributed by atoms with E-state index >= 15 is 4.79 Å². The molecule has 21 saturated heterocycles. The van der Waals surface area contributed by atoms with Crippen LogP contribution >= 0.6 is 0 Å². The first kappa shape index (κ1) is 80.6. The van der Waals surface area contributed by atoms with Gasteiger partial charge in [-0.15, -0.1) is 0 Å². The first-order chi connectivity index (χ1) is 51.8. The van der Waals surface area contributed by atoms with Crippen molar-refractivity contribution in [2.24, 2.45) is 0 Å². The summed E-state index contributed by atoms with van der Waals surface area (Å²) >= 11 is 0. The molecule has 36 atom stereocenters. The average Bonchev–Trinajstić information content (AvgIpc) is 1.67. The zero-order valence-corrected chi connectivity index (χ0v) is 57.0. The molecule has 108 heavy (non-hydrogen) atoms. The van der Waals surface area contributed by atoms with Gasteiger partial charge in [0.05, 0.1) is 46.2 Å². The molecule has 0 unspecified atom stereocenters. The Kier molecular flexibility index (Phi) is 25.5. The molecule has 40 heteroatoms. The van der Waals surface area contributed by atoms with Gasteiger partial charge in [-0.25, -0.2) is 9.59 Å². The Hall–Kier alpha value is -5.42. The molecule has 21 fully saturated rings. The summed E-state index contributed by atoms with van der Waals surface area (Å²) in [7, 11) is 0. The van der Waals surface area contributed by atoms with Crippen LogP contribution in [-0.2, 0) is 82.3 Å². The van der Waals surface area contributed by atoms with E-state index in [1.807, 2.05) is 36.4 Å². The number of hydrogen-bond donors (Lipinski definition) is 22. The van der Waals surface area contributed by atoms with Gasteiger partial charge in [0.25, 0.3) is 0 Å². The predicted molar refractivity (Wildman–Crippen MR) is 347 cm³/mol. The van der Waals surface area contributed by atoms with E-state index in [2.05, 4.69) is 4.98 Å². The van der Waals surface area contributed by atoms with Gasteiger partial charge < -0.3 is 183 Å². The van der Waals surface area contributed by atoms with Gasteiger partial charge in [-0.2, -0.15) is 0 Å². The number of rotatable bonds is 14.